The average Bonchev–Trinajstić information content (AvgIpc) is 0.825. The van der Waals surface area contributed by atoms with Gasteiger partial charge in [-0.25, -0.2) is 0 Å². The van der Waals surface area contributed by atoms with Crippen molar-refractivity contribution in [3.05, 3.63) is 275 Å². The summed E-state index contributed by atoms with van der Waals surface area (Å²) in [6.45, 7) is 8.82. The number of hydrogen-bond donors (Lipinski definition) is 5. The van der Waals surface area contributed by atoms with Crippen LogP contribution in [-0.4, -0.2) is 131 Å². The van der Waals surface area contributed by atoms with E-state index in [1.807, 2.05) is 208 Å². The fourth-order valence-electron chi connectivity index (χ4n) is 11.3. The van der Waals surface area contributed by atoms with Gasteiger partial charge in [-0.05, 0) is 195 Å². The Morgan fingerprint density at radius 1 is 0.277 bits per heavy atom. The number of fused-ring (bicyclic) bond motifs is 5. The van der Waals surface area contributed by atoms with Gasteiger partial charge >= 0.3 is 29.8 Å². The van der Waals surface area contributed by atoms with Gasteiger partial charge in [-0.15, -0.1) is 58.8 Å². The lowest BCUT2D eigenvalue weighted by Crippen LogP contribution is -2.14. The Hall–Kier alpha value is -12.0. The molecule has 20 nitrogen and oxygen atoms in total. The molecule has 0 saturated heterocycles. The van der Waals surface area contributed by atoms with Crippen LogP contribution < -0.4 is 0 Å². The molecule has 0 aliphatic carbocycles. The predicted molar refractivity (Wildman–Crippen MR) is 449 cm³/mol. The van der Waals surface area contributed by atoms with Crippen LogP contribution in [0.4, 0.5) is 0 Å². The fourth-order valence-corrected chi connectivity index (χ4v) is 16.0. The Morgan fingerprint density at radius 3 is 0.857 bits per heavy atom. The number of thioether (sulfide) groups is 5. The summed E-state index contributed by atoms with van der Waals surface area (Å²) in [6, 6.07) is 62.5. The summed E-state index contributed by atoms with van der Waals surface area (Å²) in [4.78, 5) is 103. The normalized spacial score (nSPS) is 12.2. The standard InChI is InChI=1S/2C18H16N2O2S.3C17H14N2O2S/c1-2-16(18(21)22)23-17-7-9-20-15-6-5-12(10-14(15)17)13-4-3-8-19-11-13;1-2-16(18(21)22)23-17-8-10-20-15-7-6-12(11-13(15)17)14-5-3-4-9-19-14;1-11(17(20)21)22-16-6-9-19-15-3-2-13(10-14(15)16)12-4-7-18-8-5-12;1-11(17(20)21)22-16-6-8-19-15-5-4-12(9-14(15)16)13-3-2-7-18-10-13;1-11(17(20)21)22-16-7-9-19-15-6-5-12(10-13(15)16)14-4-2-3-8-18-14/h2*3-11,16H,2H2,1H3,(H,21,22);3*2-11H,1H3,(H,20,21). The van der Waals surface area contributed by atoms with Crippen molar-refractivity contribution in [2.45, 2.75) is 98.2 Å². The van der Waals surface area contributed by atoms with Crippen molar-refractivity contribution >= 4 is 143 Å². The van der Waals surface area contributed by atoms with E-state index in [4.69, 9.17) is 15.3 Å². The number of rotatable bonds is 22. The summed E-state index contributed by atoms with van der Waals surface area (Å²) in [5.41, 5.74) is 14.3. The van der Waals surface area contributed by atoms with Gasteiger partial charge in [0, 0.05) is 154 Å². The highest BCUT2D eigenvalue weighted by Gasteiger charge is 2.22. The number of benzene rings is 5. The number of carboxylic acids is 5. The smallest absolute Gasteiger partial charge is 0.316 e. The molecule has 5 aromatic carbocycles. The van der Waals surface area contributed by atoms with E-state index in [0.29, 0.717) is 12.8 Å². The predicted octanol–water partition coefficient (Wildman–Crippen LogP) is 20.1. The first-order chi connectivity index (χ1) is 54.3. The number of aliphatic carboxylic acids is 5. The van der Waals surface area contributed by atoms with Crippen LogP contribution in [0.5, 0.6) is 0 Å². The molecule has 0 spiro atoms. The van der Waals surface area contributed by atoms with E-state index in [-0.39, 0.29) is 0 Å². The first-order valence-corrected chi connectivity index (χ1v) is 39.7. The molecule has 25 heteroatoms. The SMILES string of the molecule is CC(Sc1ccnc2ccc(-c3ccccn3)cc12)C(=O)O.CC(Sc1ccnc2ccc(-c3cccnc3)cc12)C(=O)O.CC(Sc1ccnc2ccc(-c3ccncc3)cc12)C(=O)O.CCC(Sc1ccnc2ccc(-c3ccccn3)cc12)C(=O)O.CCC(Sc1ccnc2ccc(-c3cccnc3)cc12)C(=O)O. The highest BCUT2D eigenvalue weighted by molar-refractivity contribution is 8.01. The molecule has 0 saturated carbocycles. The van der Waals surface area contributed by atoms with Gasteiger partial charge in [0.2, 0.25) is 0 Å². The Kier molecular flexibility index (Phi) is 28.6. The van der Waals surface area contributed by atoms with Gasteiger partial charge in [-0.3, -0.25) is 73.8 Å². The number of pyridine rings is 10. The van der Waals surface area contributed by atoms with E-state index in [0.717, 1.165) is 135 Å². The quantitative estimate of drug-likeness (QED) is 0.0394. The molecule has 15 aromatic rings. The van der Waals surface area contributed by atoms with E-state index in [1.165, 1.54) is 58.8 Å². The van der Waals surface area contributed by atoms with Gasteiger partial charge < -0.3 is 25.5 Å². The maximum absolute atomic E-state index is 11.3. The first kappa shape index (κ1) is 81.0. The second-order valence-electron chi connectivity index (χ2n) is 24.9. The van der Waals surface area contributed by atoms with Crippen molar-refractivity contribution in [3.63, 3.8) is 0 Å². The minimum Gasteiger partial charge on any atom is -0.480 e. The third-order valence-corrected chi connectivity index (χ3v) is 23.6. The summed E-state index contributed by atoms with van der Waals surface area (Å²) in [5.74, 6) is -4.04. The maximum Gasteiger partial charge on any atom is 0.316 e. The topological polar surface area (TPSA) is 315 Å². The molecule has 0 aliphatic heterocycles. The number of carbonyl (C=O) groups is 5. The Morgan fingerprint density at radius 2 is 0.580 bits per heavy atom. The summed E-state index contributed by atoms with van der Waals surface area (Å²) in [6.07, 6.45) is 23.9. The molecular weight excluding hydrogens is 1510 g/mol. The zero-order chi connectivity index (χ0) is 79.0. The van der Waals surface area contributed by atoms with Crippen LogP contribution in [0.2, 0.25) is 0 Å². The van der Waals surface area contributed by atoms with Crippen LogP contribution in [0.1, 0.15) is 47.5 Å². The van der Waals surface area contributed by atoms with Gasteiger partial charge in [-0.2, -0.15) is 0 Å². The minimum absolute atomic E-state index is 0.456. The van der Waals surface area contributed by atoms with E-state index in [9.17, 15) is 34.2 Å². The molecule has 5 unspecified atom stereocenters. The molecule has 0 amide bonds. The zero-order valence-corrected chi connectivity index (χ0v) is 65.2. The second kappa shape index (κ2) is 39.6. The van der Waals surface area contributed by atoms with Crippen molar-refractivity contribution in [3.8, 4) is 55.9 Å². The summed E-state index contributed by atoms with van der Waals surface area (Å²) >= 11 is 6.73. The van der Waals surface area contributed by atoms with Crippen LogP contribution in [0.25, 0.3) is 110 Å². The number of aromatic nitrogens is 10. The highest BCUT2D eigenvalue weighted by Crippen LogP contribution is 2.39. The third kappa shape index (κ3) is 21.5. The maximum atomic E-state index is 11.3. The van der Waals surface area contributed by atoms with E-state index in [2.05, 4.69) is 62.0 Å². The molecule has 0 bridgehead atoms. The van der Waals surface area contributed by atoms with Crippen molar-refractivity contribution in [2.24, 2.45) is 0 Å². The van der Waals surface area contributed by atoms with Gasteiger partial charge in [-0.1, -0.05) is 68.4 Å². The van der Waals surface area contributed by atoms with E-state index < -0.39 is 56.1 Å². The highest BCUT2D eigenvalue weighted by atomic mass is 32.2. The van der Waals surface area contributed by atoms with Crippen molar-refractivity contribution in [1.29, 1.82) is 0 Å². The fraction of sp³-hybridized carbons (Fsp3) is 0.138. The molecule has 5 N–H and O–H groups in total. The Labute approximate surface area is 666 Å². The van der Waals surface area contributed by atoms with Crippen molar-refractivity contribution < 1.29 is 49.5 Å². The van der Waals surface area contributed by atoms with Crippen LogP contribution in [-0.2, 0) is 24.0 Å². The molecule has 10 aromatic heterocycles. The lowest BCUT2D eigenvalue weighted by Gasteiger charge is -2.12. The summed E-state index contributed by atoms with van der Waals surface area (Å²) < 4.78 is 0. The molecule has 0 radical (unpaired) electrons. The van der Waals surface area contributed by atoms with Crippen LogP contribution >= 0.6 is 58.8 Å². The zero-order valence-electron chi connectivity index (χ0n) is 61.1. The number of nitrogens with zero attached hydrogens (tertiary/aromatic N) is 10. The first-order valence-electron chi connectivity index (χ1n) is 35.3. The lowest BCUT2D eigenvalue weighted by molar-refractivity contribution is -0.137. The van der Waals surface area contributed by atoms with Crippen LogP contribution in [0.15, 0.2) is 299 Å². The van der Waals surface area contributed by atoms with E-state index in [1.54, 1.807) is 88.9 Å². The second-order valence-corrected chi connectivity index (χ2v) is 31.5. The van der Waals surface area contributed by atoms with E-state index >= 15 is 0 Å². The van der Waals surface area contributed by atoms with Crippen molar-refractivity contribution in [2.75, 3.05) is 0 Å². The lowest BCUT2D eigenvalue weighted by atomic mass is 10.0. The van der Waals surface area contributed by atoms with Crippen LogP contribution in [0, 0.1) is 0 Å². The number of carboxylic acid groups (broad SMARTS) is 5. The van der Waals surface area contributed by atoms with Gasteiger partial charge in [0.05, 0.1) is 39.0 Å². The summed E-state index contributed by atoms with van der Waals surface area (Å²) in [5, 5.41) is 48.3. The minimum atomic E-state index is -0.823. The molecule has 562 valence electrons. The Bertz CT molecular complexity index is 5300. The monoisotopic (exact) mass is 1580 g/mol. The average molecular weight is 1580 g/mol. The van der Waals surface area contributed by atoms with Gasteiger partial charge in [0.15, 0.2) is 0 Å². The number of hydrogen-bond acceptors (Lipinski definition) is 20. The van der Waals surface area contributed by atoms with Crippen LogP contribution in [0.3, 0.4) is 0 Å². The molecule has 5 atom stereocenters. The molecule has 112 heavy (non-hydrogen) atoms. The molecule has 15 rings (SSSR count). The van der Waals surface area contributed by atoms with Crippen molar-refractivity contribution in [1.82, 2.24) is 49.8 Å². The van der Waals surface area contributed by atoms with Gasteiger partial charge in [0.1, 0.15) is 26.2 Å². The summed E-state index contributed by atoms with van der Waals surface area (Å²) in [7, 11) is 0. The largest absolute Gasteiger partial charge is 0.480 e. The molecule has 0 aliphatic rings. The Balaban J connectivity index is 0.000000138. The molecule has 0 fully saturated rings. The third-order valence-electron chi connectivity index (χ3n) is 17.2. The molecular formula is C87H74N10O10S5. The van der Waals surface area contributed by atoms with Gasteiger partial charge in [0.25, 0.3) is 0 Å². The molecule has 10 heterocycles.